The number of fused-ring (bicyclic) bond motifs is 1. The van der Waals surface area contributed by atoms with Crippen LogP contribution in [0.4, 0.5) is 5.95 Å². The monoisotopic (exact) mass is 436 g/mol. The van der Waals surface area contributed by atoms with Crippen molar-refractivity contribution in [3.8, 4) is 17.3 Å². The zero-order chi connectivity index (χ0) is 22.6. The van der Waals surface area contributed by atoms with E-state index in [4.69, 9.17) is 0 Å². The molecule has 0 bridgehead atoms. The number of anilines is 1. The van der Waals surface area contributed by atoms with Crippen LogP contribution in [0.1, 0.15) is 34.3 Å². The number of H-pyrrole nitrogens is 1. The summed E-state index contributed by atoms with van der Waals surface area (Å²) in [6.07, 6.45) is 6.71. The normalized spacial score (nSPS) is 12.9. The molecular formula is C26H24N6O. The number of amides is 1. The summed E-state index contributed by atoms with van der Waals surface area (Å²) in [4.78, 5) is 24.5. The van der Waals surface area contributed by atoms with Crippen molar-refractivity contribution in [3.63, 3.8) is 0 Å². The Hall–Kier alpha value is -4.18. The van der Waals surface area contributed by atoms with Crippen molar-refractivity contribution in [2.24, 2.45) is 5.92 Å². The van der Waals surface area contributed by atoms with Gasteiger partial charge in [0.05, 0.1) is 11.3 Å². The summed E-state index contributed by atoms with van der Waals surface area (Å²) in [7, 11) is 0. The van der Waals surface area contributed by atoms with Crippen LogP contribution in [0.2, 0.25) is 0 Å². The van der Waals surface area contributed by atoms with E-state index in [-0.39, 0.29) is 5.91 Å². The van der Waals surface area contributed by atoms with Gasteiger partial charge in [0.15, 0.2) is 0 Å². The smallest absolute Gasteiger partial charge is 0.251 e. The molecule has 2 aromatic carbocycles. The number of aromatic amines is 1. The van der Waals surface area contributed by atoms with Crippen molar-refractivity contribution in [2.45, 2.75) is 19.3 Å². The second-order valence-electron chi connectivity index (χ2n) is 8.37. The molecule has 0 spiro atoms. The van der Waals surface area contributed by atoms with Crippen molar-refractivity contribution < 1.29 is 4.79 Å². The second kappa shape index (κ2) is 9.13. The second-order valence-corrected chi connectivity index (χ2v) is 8.37. The van der Waals surface area contributed by atoms with Gasteiger partial charge in [-0.3, -0.25) is 4.79 Å². The lowest BCUT2D eigenvalue weighted by Crippen LogP contribution is -2.25. The molecule has 33 heavy (non-hydrogen) atoms. The van der Waals surface area contributed by atoms with Gasteiger partial charge >= 0.3 is 0 Å². The Labute approximate surface area is 191 Å². The molecule has 5 rings (SSSR count). The van der Waals surface area contributed by atoms with E-state index in [1.807, 2.05) is 48.5 Å². The number of benzene rings is 2. The van der Waals surface area contributed by atoms with E-state index in [0.717, 1.165) is 40.2 Å². The Balaban J connectivity index is 1.18. The maximum atomic E-state index is 12.6. The van der Waals surface area contributed by atoms with Crippen molar-refractivity contribution in [3.05, 3.63) is 77.6 Å². The highest BCUT2D eigenvalue weighted by Crippen LogP contribution is 2.28. The molecule has 0 aliphatic heterocycles. The van der Waals surface area contributed by atoms with Crippen LogP contribution < -0.4 is 10.6 Å². The molecule has 2 heterocycles. The number of aromatic nitrogens is 3. The molecule has 0 atom stereocenters. The SMILES string of the molecule is N#Cc1c[nH]c2ccc(CCNC(=O)c3ccc(-c4ccnc(NCC5CC5)n4)cc3)cc12. The fourth-order valence-electron chi connectivity index (χ4n) is 3.79. The van der Waals surface area contributed by atoms with Crippen molar-refractivity contribution in [2.75, 3.05) is 18.4 Å². The van der Waals surface area contributed by atoms with Gasteiger partial charge in [0.2, 0.25) is 5.95 Å². The Morgan fingerprint density at radius 1 is 1.15 bits per heavy atom. The number of rotatable bonds is 8. The molecule has 1 fully saturated rings. The van der Waals surface area contributed by atoms with E-state index in [0.29, 0.717) is 30.0 Å². The third-order valence-electron chi connectivity index (χ3n) is 5.91. The predicted octanol–water partition coefficient (Wildman–Crippen LogP) is 4.29. The minimum absolute atomic E-state index is 0.114. The van der Waals surface area contributed by atoms with Gasteiger partial charge in [0.25, 0.3) is 5.91 Å². The van der Waals surface area contributed by atoms with Gasteiger partial charge in [0.1, 0.15) is 6.07 Å². The zero-order valence-corrected chi connectivity index (χ0v) is 18.1. The van der Waals surface area contributed by atoms with Crippen LogP contribution >= 0.6 is 0 Å². The summed E-state index contributed by atoms with van der Waals surface area (Å²) in [5.41, 5.74) is 5.01. The number of nitrogens with zero attached hydrogens (tertiary/aromatic N) is 3. The number of nitrogens with one attached hydrogen (secondary N) is 3. The van der Waals surface area contributed by atoms with Crippen molar-refractivity contribution in [1.29, 1.82) is 5.26 Å². The first-order valence-corrected chi connectivity index (χ1v) is 11.2. The lowest BCUT2D eigenvalue weighted by molar-refractivity contribution is 0.0954. The fourth-order valence-corrected chi connectivity index (χ4v) is 3.79. The molecule has 7 heteroatoms. The molecule has 1 aliphatic rings. The molecule has 0 saturated heterocycles. The first-order valence-electron chi connectivity index (χ1n) is 11.2. The summed E-state index contributed by atoms with van der Waals surface area (Å²) in [6.45, 7) is 1.43. The van der Waals surface area contributed by atoms with E-state index in [2.05, 4.69) is 31.7 Å². The fraction of sp³-hybridized carbons (Fsp3) is 0.231. The van der Waals surface area contributed by atoms with E-state index in [1.165, 1.54) is 12.8 Å². The summed E-state index contributed by atoms with van der Waals surface area (Å²) in [6, 6.07) is 17.5. The lowest BCUT2D eigenvalue weighted by Gasteiger charge is -2.08. The molecular weight excluding hydrogens is 412 g/mol. The third-order valence-corrected chi connectivity index (χ3v) is 5.91. The predicted molar refractivity (Wildman–Crippen MR) is 128 cm³/mol. The first kappa shape index (κ1) is 20.7. The minimum atomic E-state index is -0.114. The Morgan fingerprint density at radius 3 is 2.79 bits per heavy atom. The topological polar surface area (TPSA) is 106 Å². The lowest BCUT2D eigenvalue weighted by atomic mass is 10.1. The van der Waals surface area contributed by atoms with Gasteiger partial charge in [-0.15, -0.1) is 0 Å². The van der Waals surface area contributed by atoms with Gasteiger partial charge in [-0.2, -0.15) is 5.26 Å². The van der Waals surface area contributed by atoms with Gasteiger partial charge in [-0.25, -0.2) is 9.97 Å². The zero-order valence-electron chi connectivity index (χ0n) is 18.1. The Morgan fingerprint density at radius 2 is 2.00 bits per heavy atom. The number of hydrogen-bond donors (Lipinski definition) is 3. The third kappa shape index (κ3) is 4.85. The van der Waals surface area contributed by atoms with Crippen LogP contribution in [-0.4, -0.2) is 33.9 Å². The molecule has 164 valence electrons. The molecule has 2 aromatic heterocycles. The molecule has 0 radical (unpaired) electrons. The van der Waals surface area contributed by atoms with Crippen molar-refractivity contribution >= 4 is 22.8 Å². The first-order chi connectivity index (χ1) is 16.2. The highest BCUT2D eigenvalue weighted by molar-refractivity contribution is 5.94. The van der Waals surface area contributed by atoms with E-state index >= 15 is 0 Å². The van der Waals surface area contributed by atoms with Gasteiger partial charge in [0, 0.05) is 47.5 Å². The average Bonchev–Trinajstić information content (AvgIpc) is 3.60. The van der Waals surface area contributed by atoms with Crippen molar-refractivity contribution in [1.82, 2.24) is 20.3 Å². The number of hydrogen-bond acceptors (Lipinski definition) is 5. The van der Waals surface area contributed by atoms with Crippen LogP contribution in [0, 0.1) is 17.2 Å². The molecule has 0 unspecified atom stereocenters. The quantitative estimate of drug-likeness (QED) is 0.382. The van der Waals surface area contributed by atoms with Crippen LogP contribution in [-0.2, 0) is 6.42 Å². The van der Waals surface area contributed by atoms with E-state index < -0.39 is 0 Å². The summed E-state index contributed by atoms with van der Waals surface area (Å²) in [5, 5.41) is 16.4. The van der Waals surface area contributed by atoms with Crippen LogP contribution in [0.3, 0.4) is 0 Å². The molecule has 4 aromatic rings. The number of nitriles is 1. The molecule has 1 aliphatic carbocycles. The summed E-state index contributed by atoms with van der Waals surface area (Å²) < 4.78 is 0. The number of carbonyl (C=O) groups excluding carboxylic acids is 1. The molecule has 7 nitrogen and oxygen atoms in total. The largest absolute Gasteiger partial charge is 0.360 e. The summed E-state index contributed by atoms with van der Waals surface area (Å²) in [5.74, 6) is 1.28. The Bertz CT molecular complexity index is 1330. The van der Waals surface area contributed by atoms with Crippen LogP contribution in [0.5, 0.6) is 0 Å². The standard InChI is InChI=1S/C26H24N6O/c27-14-21-16-30-24-8-3-17(13-22(21)24)9-11-28-25(33)20-6-4-19(5-7-20)23-10-12-29-26(32-23)31-15-18-1-2-18/h3-8,10,12-13,16,18,30H,1-2,9,11,15H2,(H,28,33)(H,29,31,32). The van der Waals surface area contributed by atoms with E-state index in [9.17, 15) is 10.1 Å². The van der Waals surface area contributed by atoms with Gasteiger partial charge < -0.3 is 15.6 Å². The van der Waals surface area contributed by atoms with Crippen LogP contribution in [0.15, 0.2) is 60.9 Å². The highest BCUT2D eigenvalue weighted by atomic mass is 16.1. The minimum Gasteiger partial charge on any atom is -0.360 e. The molecule has 3 N–H and O–H groups in total. The maximum absolute atomic E-state index is 12.6. The van der Waals surface area contributed by atoms with Crippen LogP contribution in [0.25, 0.3) is 22.2 Å². The van der Waals surface area contributed by atoms with E-state index in [1.54, 1.807) is 12.4 Å². The number of carbonyl (C=O) groups is 1. The molecule has 1 amide bonds. The van der Waals surface area contributed by atoms with Gasteiger partial charge in [-0.05, 0) is 61.1 Å². The molecule has 1 saturated carbocycles. The highest BCUT2D eigenvalue weighted by Gasteiger charge is 2.21. The average molecular weight is 437 g/mol. The van der Waals surface area contributed by atoms with Gasteiger partial charge in [-0.1, -0.05) is 18.2 Å². The maximum Gasteiger partial charge on any atom is 0.251 e. The summed E-state index contributed by atoms with van der Waals surface area (Å²) >= 11 is 0. The Kier molecular flexibility index (Phi) is 5.73.